The van der Waals surface area contributed by atoms with E-state index in [2.05, 4.69) is 235 Å². The van der Waals surface area contributed by atoms with Gasteiger partial charge in [-0.3, -0.25) is 4.57 Å². The maximum absolute atomic E-state index is 4.99. The van der Waals surface area contributed by atoms with E-state index in [0.717, 1.165) is 61.9 Å². The molecule has 7 aromatic carbocycles. The summed E-state index contributed by atoms with van der Waals surface area (Å²) in [5, 5.41) is 2.39. The standard InChI is InChI=1S/C54H46N5/c1-37(2)41-31-32-55-53(33-41)59-49-26-12-11-23-47(49)48-30-29-44(35-52(48)59)58(43-22-15-21-42(34-43)57-36-56(38(3)4)50-27-13-14-28-51(50)57)54-45(39-17-7-5-8-18-39)24-16-25-46(54)40-19-9-6-10-20-40/h5-38H,1-4H3/q+1. The van der Waals surface area contributed by atoms with E-state index >= 15 is 0 Å². The third kappa shape index (κ3) is 6.36. The molecule has 0 aliphatic heterocycles. The minimum absolute atomic E-state index is 0.307. The number of benzene rings is 7. The molecule has 0 N–H and O–H groups in total. The van der Waals surface area contributed by atoms with Gasteiger partial charge in [-0.05, 0) is 91.1 Å². The number of imidazole rings is 1. The molecule has 0 atom stereocenters. The number of anilines is 3. The number of hydrogen-bond acceptors (Lipinski definition) is 2. The minimum Gasteiger partial charge on any atom is -0.308 e. The van der Waals surface area contributed by atoms with Crippen molar-refractivity contribution in [1.82, 2.24) is 18.7 Å². The Labute approximate surface area is 345 Å². The van der Waals surface area contributed by atoms with Crippen molar-refractivity contribution in [3.05, 3.63) is 200 Å². The van der Waals surface area contributed by atoms with E-state index in [9.17, 15) is 0 Å². The first-order chi connectivity index (χ1) is 28.9. The lowest BCUT2D eigenvalue weighted by Gasteiger charge is -2.30. The molecule has 10 aromatic rings. The quantitative estimate of drug-likeness (QED) is 0.137. The Morgan fingerprint density at radius 3 is 1.81 bits per heavy atom. The molecule has 5 heteroatoms. The molecular weight excluding hydrogens is 719 g/mol. The normalized spacial score (nSPS) is 11.7. The SMILES string of the molecule is CC(C)c1ccnc(-n2c3ccccc3c3ccc(N(c4cccc(-n5[cH+]n(C(C)C)c6ccccc65)c4)c4c(-c5ccccc5)cccc4-c4ccccc4)cc32)c1. The van der Waals surface area contributed by atoms with Gasteiger partial charge < -0.3 is 4.90 Å². The maximum Gasteiger partial charge on any atom is 0.191 e. The summed E-state index contributed by atoms with van der Waals surface area (Å²) in [4.78, 5) is 7.46. The fraction of sp³-hybridized carbons (Fsp3) is 0.111. The molecule has 59 heavy (non-hydrogen) atoms. The smallest absolute Gasteiger partial charge is 0.191 e. The summed E-state index contributed by atoms with van der Waals surface area (Å²) in [7, 11) is 0. The van der Waals surface area contributed by atoms with E-state index in [4.69, 9.17) is 4.98 Å². The Balaban J connectivity index is 1.29. The van der Waals surface area contributed by atoms with E-state index in [-0.39, 0.29) is 0 Å². The van der Waals surface area contributed by atoms with Gasteiger partial charge in [-0.2, -0.15) is 4.57 Å². The zero-order valence-electron chi connectivity index (χ0n) is 33.9. The van der Waals surface area contributed by atoms with Crippen molar-refractivity contribution in [2.45, 2.75) is 39.7 Å². The van der Waals surface area contributed by atoms with Crippen LogP contribution in [-0.2, 0) is 0 Å². The number of para-hydroxylation sites is 4. The molecule has 10 rings (SSSR count). The summed E-state index contributed by atoms with van der Waals surface area (Å²) in [6.45, 7) is 8.96. The topological polar surface area (TPSA) is 30.9 Å². The predicted molar refractivity (Wildman–Crippen MR) is 248 cm³/mol. The summed E-state index contributed by atoms with van der Waals surface area (Å²) in [5.74, 6) is 1.29. The van der Waals surface area contributed by atoms with Crippen LogP contribution in [0.2, 0.25) is 0 Å². The number of rotatable bonds is 9. The van der Waals surface area contributed by atoms with Crippen LogP contribution in [0.5, 0.6) is 0 Å². The molecule has 0 amide bonds. The summed E-state index contributed by atoms with van der Waals surface area (Å²) < 4.78 is 7.02. The number of nitrogens with zero attached hydrogens (tertiary/aromatic N) is 5. The lowest BCUT2D eigenvalue weighted by Crippen LogP contribution is -2.13. The van der Waals surface area contributed by atoms with E-state index in [1.54, 1.807) is 0 Å². The highest BCUT2D eigenvalue weighted by Gasteiger charge is 2.26. The van der Waals surface area contributed by atoms with Crippen molar-refractivity contribution >= 4 is 49.9 Å². The van der Waals surface area contributed by atoms with Gasteiger partial charge in [0.05, 0.1) is 28.5 Å². The molecule has 0 aliphatic rings. The molecule has 3 heterocycles. The number of hydrogen-bond donors (Lipinski definition) is 0. The average molecular weight is 765 g/mol. The van der Waals surface area contributed by atoms with Crippen molar-refractivity contribution in [2.75, 3.05) is 4.90 Å². The summed E-state index contributed by atoms with van der Waals surface area (Å²) >= 11 is 0. The molecule has 0 spiro atoms. The molecule has 0 saturated carbocycles. The van der Waals surface area contributed by atoms with Crippen molar-refractivity contribution < 1.29 is 0 Å². The number of aromatic nitrogens is 4. The van der Waals surface area contributed by atoms with Crippen molar-refractivity contribution in [3.63, 3.8) is 0 Å². The third-order valence-electron chi connectivity index (χ3n) is 11.6. The third-order valence-corrected chi connectivity index (χ3v) is 11.6. The fourth-order valence-electron chi connectivity index (χ4n) is 8.69. The second-order valence-electron chi connectivity index (χ2n) is 15.9. The van der Waals surface area contributed by atoms with E-state index < -0.39 is 0 Å². The Morgan fingerprint density at radius 2 is 1.12 bits per heavy atom. The van der Waals surface area contributed by atoms with Crippen LogP contribution >= 0.6 is 0 Å². The second kappa shape index (κ2) is 14.9. The van der Waals surface area contributed by atoms with Gasteiger partial charge in [-0.15, -0.1) is 0 Å². The molecule has 286 valence electrons. The predicted octanol–water partition coefficient (Wildman–Crippen LogP) is 14.7. The molecule has 0 aliphatic carbocycles. The van der Waals surface area contributed by atoms with Crippen LogP contribution in [-0.4, -0.2) is 18.7 Å². The minimum atomic E-state index is 0.307. The van der Waals surface area contributed by atoms with Crippen LogP contribution in [0.25, 0.3) is 66.6 Å². The highest BCUT2D eigenvalue weighted by molar-refractivity contribution is 6.11. The highest BCUT2D eigenvalue weighted by atomic mass is 15.2. The average Bonchev–Trinajstić information content (AvgIpc) is 3.84. The van der Waals surface area contributed by atoms with Gasteiger partial charge in [0.15, 0.2) is 17.4 Å². The highest BCUT2D eigenvalue weighted by Crippen LogP contribution is 2.48. The van der Waals surface area contributed by atoms with Crippen LogP contribution in [0.3, 0.4) is 0 Å². The fourth-order valence-corrected chi connectivity index (χ4v) is 8.69. The second-order valence-corrected chi connectivity index (χ2v) is 15.9. The molecular formula is C54H46N5+. The van der Waals surface area contributed by atoms with Gasteiger partial charge >= 0.3 is 0 Å². The van der Waals surface area contributed by atoms with E-state index in [1.807, 2.05) is 6.20 Å². The Hall–Kier alpha value is -7.24. The molecule has 0 fully saturated rings. The first-order valence-electron chi connectivity index (χ1n) is 20.6. The van der Waals surface area contributed by atoms with Crippen molar-refractivity contribution in [2.24, 2.45) is 0 Å². The zero-order chi connectivity index (χ0) is 40.0. The van der Waals surface area contributed by atoms with E-state index in [1.165, 1.54) is 27.4 Å². The molecule has 3 aromatic heterocycles. The Kier molecular flexibility index (Phi) is 9.14. The van der Waals surface area contributed by atoms with Crippen molar-refractivity contribution in [1.29, 1.82) is 0 Å². The van der Waals surface area contributed by atoms with Gasteiger partial charge in [-0.25, -0.2) is 9.55 Å². The first-order valence-corrected chi connectivity index (χ1v) is 20.6. The first kappa shape index (κ1) is 36.1. The lowest BCUT2D eigenvalue weighted by atomic mass is 9.94. The van der Waals surface area contributed by atoms with E-state index in [0.29, 0.717) is 12.0 Å². The summed E-state index contributed by atoms with van der Waals surface area (Å²) in [5.41, 5.74) is 14.8. The Morgan fingerprint density at radius 1 is 0.508 bits per heavy atom. The molecule has 0 radical (unpaired) electrons. The molecule has 5 nitrogen and oxygen atoms in total. The van der Waals surface area contributed by atoms with Gasteiger partial charge in [0.25, 0.3) is 0 Å². The molecule has 0 saturated heterocycles. The van der Waals surface area contributed by atoms with Crippen LogP contribution in [0.15, 0.2) is 195 Å². The van der Waals surface area contributed by atoms with Gasteiger partial charge in [0, 0.05) is 58.0 Å². The van der Waals surface area contributed by atoms with Crippen LogP contribution in [0.1, 0.15) is 45.2 Å². The maximum atomic E-state index is 4.99. The number of pyridine rings is 1. The van der Waals surface area contributed by atoms with Crippen LogP contribution in [0, 0.1) is 0 Å². The molecule has 0 bridgehead atoms. The lowest BCUT2D eigenvalue weighted by molar-refractivity contribution is 0.612. The van der Waals surface area contributed by atoms with Gasteiger partial charge in [-0.1, -0.05) is 117 Å². The zero-order valence-corrected chi connectivity index (χ0v) is 33.9. The van der Waals surface area contributed by atoms with Gasteiger partial charge in [0.1, 0.15) is 11.5 Å². The van der Waals surface area contributed by atoms with Crippen LogP contribution < -0.4 is 4.90 Å². The largest absolute Gasteiger partial charge is 0.308 e. The van der Waals surface area contributed by atoms with Crippen molar-refractivity contribution in [3.8, 4) is 33.8 Å². The monoisotopic (exact) mass is 764 g/mol. The summed E-state index contributed by atoms with van der Waals surface area (Å²) in [6, 6.07) is 66.2. The number of fused-ring (bicyclic) bond motifs is 4. The summed E-state index contributed by atoms with van der Waals surface area (Å²) in [6.07, 6.45) is 4.19. The molecule has 0 unspecified atom stereocenters. The Bertz CT molecular complexity index is 3060. The van der Waals surface area contributed by atoms with Crippen LogP contribution in [0.4, 0.5) is 17.1 Å². The van der Waals surface area contributed by atoms with Gasteiger partial charge in [0.2, 0.25) is 0 Å².